The predicted octanol–water partition coefficient (Wildman–Crippen LogP) is 4.63. The van der Waals surface area contributed by atoms with Gasteiger partial charge in [0.2, 0.25) is 0 Å². The minimum atomic E-state index is -1.84. The third kappa shape index (κ3) is 3.19. The van der Waals surface area contributed by atoms with Crippen LogP contribution in [0.5, 0.6) is 0 Å². The molecule has 2 rings (SSSR count). The van der Waals surface area contributed by atoms with Gasteiger partial charge in [-0.05, 0) is 36.0 Å². The monoisotopic (exact) mass is 312 g/mol. The third-order valence-electron chi connectivity index (χ3n) is 5.18. The summed E-state index contributed by atoms with van der Waals surface area (Å²) in [6.07, 6.45) is 7.93. The number of benzene rings is 1. The summed E-state index contributed by atoms with van der Waals surface area (Å²) in [5.74, 6) is -1.84. The van der Waals surface area contributed by atoms with E-state index in [0.29, 0.717) is 5.57 Å². The second-order valence-corrected chi connectivity index (χ2v) is 7.84. The fraction of sp³-hybridized carbons (Fsp3) is 0.429. The molecule has 124 valence electrons. The van der Waals surface area contributed by atoms with Crippen molar-refractivity contribution in [2.24, 2.45) is 10.8 Å². The lowest BCUT2D eigenvalue weighted by atomic mass is 9.59. The van der Waals surface area contributed by atoms with Crippen molar-refractivity contribution in [1.82, 2.24) is 0 Å². The van der Waals surface area contributed by atoms with Gasteiger partial charge >= 0.3 is 0 Å². The van der Waals surface area contributed by atoms with Crippen molar-refractivity contribution in [2.45, 2.75) is 47.3 Å². The third-order valence-corrected chi connectivity index (χ3v) is 5.18. The molecule has 0 radical (unpaired) electrons. The number of aliphatic hydroxyl groups is 2. The van der Waals surface area contributed by atoms with Crippen LogP contribution in [0.25, 0.3) is 6.08 Å². The van der Waals surface area contributed by atoms with E-state index in [2.05, 4.69) is 31.2 Å². The molecule has 1 aliphatic rings. The standard InChI is InChI=1S/C21H28O2/c1-15-8-7-9-17(12-15)10-11-18-13-16(2)21(22,23)20(6,14-18)19(3,4)5/h7-14,22-23H,1-6H3. The maximum atomic E-state index is 10.7. The molecule has 1 unspecified atom stereocenters. The van der Waals surface area contributed by atoms with Gasteiger partial charge in [-0.15, -0.1) is 0 Å². The normalized spacial score (nSPS) is 24.5. The van der Waals surface area contributed by atoms with E-state index in [1.165, 1.54) is 5.56 Å². The van der Waals surface area contributed by atoms with Gasteiger partial charge in [-0.1, -0.05) is 81.8 Å². The summed E-state index contributed by atoms with van der Waals surface area (Å²) >= 11 is 0. The van der Waals surface area contributed by atoms with Gasteiger partial charge in [0.05, 0.1) is 0 Å². The molecule has 2 nitrogen and oxygen atoms in total. The van der Waals surface area contributed by atoms with Crippen LogP contribution < -0.4 is 0 Å². The Hall–Kier alpha value is -1.64. The zero-order valence-electron chi connectivity index (χ0n) is 15.0. The highest BCUT2D eigenvalue weighted by atomic mass is 16.5. The number of hydrogen-bond donors (Lipinski definition) is 2. The minimum Gasteiger partial charge on any atom is -0.361 e. The Morgan fingerprint density at radius 3 is 2.26 bits per heavy atom. The molecular weight excluding hydrogens is 284 g/mol. The summed E-state index contributed by atoms with van der Waals surface area (Å²) in [6.45, 7) is 11.9. The molecule has 1 aromatic carbocycles. The summed E-state index contributed by atoms with van der Waals surface area (Å²) in [5.41, 5.74) is 2.86. The average Bonchev–Trinajstić information content (AvgIpc) is 2.42. The predicted molar refractivity (Wildman–Crippen MR) is 96.8 cm³/mol. The maximum absolute atomic E-state index is 10.7. The highest BCUT2D eigenvalue weighted by Gasteiger charge is 2.54. The lowest BCUT2D eigenvalue weighted by molar-refractivity contribution is -0.222. The first-order valence-corrected chi connectivity index (χ1v) is 8.08. The molecule has 1 aromatic rings. The Bertz CT molecular complexity index is 684. The van der Waals surface area contributed by atoms with Crippen molar-refractivity contribution in [2.75, 3.05) is 0 Å². The van der Waals surface area contributed by atoms with Gasteiger partial charge in [0, 0.05) is 5.41 Å². The zero-order chi connectivity index (χ0) is 17.5. The summed E-state index contributed by atoms with van der Waals surface area (Å²) in [7, 11) is 0. The van der Waals surface area contributed by atoms with E-state index in [0.717, 1.165) is 11.1 Å². The highest BCUT2D eigenvalue weighted by molar-refractivity contribution is 5.57. The molecule has 1 atom stereocenters. The van der Waals surface area contributed by atoms with Crippen LogP contribution >= 0.6 is 0 Å². The van der Waals surface area contributed by atoms with E-state index in [4.69, 9.17) is 0 Å². The van der Waals surface area contributed by atoms with Gasteiger partial charge < -0.3 is 10.2 Å². The minimum absolute atomic E-state index is 0.297. The van der Waals surface area contributed by atoms with Crippen LogP contribution in [0, 0.1) is 17.8 Å². The van der Waals surface area contributed by atoms with E-state index < -0.39 is 11.2 Å². The molecule has 0 bridgehead atoms. The topological polar surface area (TPSA) is 40.5 Å². The van der Waals surface area contributed by atoms with Crippen LogP contribution in [0.3, 0.4) is 0 Å². The van der Waals surface area contributed by atoms with Crippen LogP contribution in [0.15, 0.2) is 53.6 Å². The molecular formula is C21H28O2. The zero-order valence-corrected chi connectivity index (χ0v) is 15.0. The Morgan fingerprint density at radius 1 is 1.04 bits per heavy atom. The molecule has 0 amide bonds. The lowest BCUT2D eigenvalue weighted by Crippen LogP contribution is -2.54. The van der Waals surface area contributed by atoms with Gasteiger partial charge in [-0.25, -0.2) is 0 Å². The quantitative estimate of drug-likeness (QED) is 0.782. The summed E-state index contributed by atoms with van der Waals surface area (Å²) in [5, 5.41) is 21.3. The molecule has 0 spiro atoms. The molecule has 2 heteroatoms. The van der Waals surface area contributed by atoms with E-state index in [-0.39, 0.29) is 5.41 Å². The van der Waals surface area contributed by atoms with Gasteiger partial charge in [0.15, 0.2) is 5.79 Å². The SMILES string of the molecule is CC1=CC(C=Cc2cccc(C)c2)=CC(C)(C(C)(C)C)C1(O)O. The van der Waals surface area contributed by atoms with Crippen LogP contribution in [0.1, 0.15) is 45.7 Å². The Labute approximate surface area is 139 Å². The summed E-state index contributed by atoms with van der Waals surface area (Å²) in [4.78, 5) is 0. The number of allylic oxidation sites excluding steroid dienone is 3. The van der Waals surface area contributed by atoms with Gasteiger partial charge in [0.1, 0.15) is 0 Å². The fourth-order valence-electron chi connectivity index (χ4n) is 3.04. The summed E-state index contributed by atoms with van der Waals surface area (Å²) in [6, 6.07) is 8.30. The average molecular weight is 312 g/mol. The first-order chi connectivity index (χ1) is 10.5. The molecule has 2 N–H and O–H groups in total. The van der Waals surface area contributed by atoms with Crippen molar-refractivity contribution in [3.63, 3.8) is 0 Å². The highest BCUT2D eigenvalue weighted by Crippen LogP contribution is 2.52. The van der Waals surface area contributed by atoms with E-state index in [9.17, 15) is 10.2 Å². The first-order valence-electron chi connectivity index (χ1n) is 8.08. The Kier molecular flexibility index (Phi) is 4.44. The number of rotatable bonds is 2. The molecule has 0 aliphatic heterocycles. The second-order valence-electron chi connectivity index (χ2n) is 7.84. The molecule has 0 aromatic heterocycles. The van der Waals surface area contributed by atoms with E-state index in [1.54, 1.807) is 6.92 Å². The van der Waals surface area contributed by atoms with E-state index >= 15 is 0 Å². The van der Waals surface area contributed by atoms with Crippen LogP contribution in [-0.4, -0.2) is 16.0 Å². The van der Waals surface area contributed by atoms with Gasteiger partial charge in [0.25, 0.3) is 0 Å². The van der Waals surface area contributed by atoms with Crippen molar-refractivity contribution < 1.29 is 10.2 Å². The van der Waals surface area contributed by atoms with Crippen LogP contribution in [0.4, 0.5) is 0 Å². The largest absolute Gasteiger partial charge is 0.361 e. The number of hydrogen-bond acceptors (Lipinski definition) is 2. The molecule has 1 aliphatic carbocycles. The molecule has 0 saturated heterocycles. The van der Waals surface area contributed by atoms with Gasteiger partial charge in [-0.2, -0.15) is 0 Å². The smallest absolute Gasteiger partial charge is 0.195 e. The molecule has 0 saturated carbocycles. The van der Waals surface area contributed by atoms with Crippen molar-refractivity contribution in [3.8, 4) is 0 Å². The number of aryl methyl sites for hydroxylation is 1. The summed E-state index contributed by atoms with van der Waals surface area (Å²) < 4.78 is 0. The van der Waals surface area contributed by atoms with Crippen LogP contribution in [0.2, 0.25) is 0 Å². The van der Waals surface area contributed by atoms with Crippen molar-refractivity contribution in [3.05, 3.63) is 64.8 Å². The maximum Gasteiger partial charge on any atom is 0.195 e. The first kappa shape index (κ1) is 17.7. The van der Waals surface area contributed by atoms with E-state index in [1.807, 2.05) is 52.0 Å². The molecule has 0 heterocycles. The Morgan fingerprint density at radius 2 is 1.70 bits per heavy atom. The Balaban J connectivity index is 2.43. The molecule has 0 fully saturated rings. The fourth-order valence-corrected chi connectivity index (χ4v) is 3.04. The second kappa shape index (κ2) is 5.77. The van der Waals surface area contributed by atoms with Crippen LogP contribution in [-0.2, 0) is 0 Å². The van der Waals surface area contributed by atoms with Gasteiger partial charge in [-0.3, -0.25) is 0 Å². The molecule has 23 heavy (non-hydrogen) atoms. The van der Waals surface area contributed by atoms with Crippen molar-refractivity contribution in [1.29, 1.82) is 0 Å². The van der Waals surface area contributed by atoms with Crippen molar-refractivity contribution >= 4 is 6.08 Å². The lowest BCUT2D eigenvalue weighted by Gasteiger charge is -2.50.